The van der Waals surface area contributed by atoms with E-state index in [1.807, 2.05) is 0 Å². The van der Waals surface area contributed by atoms with Crippen LogP contribution in [0.5, 0.6) is 0 Å². The second kappa shape index (κ2) is 4.92. The molecule has 0 radical (unpaired) electrons. The lowest BCUT2D eigenvalue weighted by Gasteiger charge is -2.20. The Hall–Kier alpha value is -1.44. The molecule has 1 aliphatic rings. The highest BCUT2D eigenvalue weighted by Crippen LogP contribution is 2.26. The highest BCUT2D eigenvalue weighted by Gasteiger charge is 2.43. The lowest BCUT2D eigenvalue weighted by Crippen LogP contribution is -2.40. The molecule has 2 N–H and O–H groups in total. The number of aliphatic carboxylic acids is 1. The zero-order valence-corrected chi connectivity index (χ0v) is 11.2. The molecule has 1 fully saturated rings. The van der Waals surface area contributed by atoms with Gasteiger partial charge in [-0.2, -0.15) is 4.31 Å². The van der Waals surface area contributed by atoms with Gasteiger partial charge in [-0.25, -0.2) is 8.42 Å². The van der Waals surface area contributed by atoms with Crippen molar-refractivity contribution in [2.45, 2.75) is 30.4 Å². The molecule has 7 heteroatoms. The van der Waals surface area contributed by atoms with Crippen LogP contribution in [0.2, 0.25) is 0 Å². The van der Waals surface area contributed by atoms with Crippen LogP contribution in [0.25, 0.3) is 0 Å². The Kier molecular flexibility index (Phi) is 3.62. The molecule has 0 saturated carbocycles. The molecule has 0 aromatic heterocycles. The number of hydrogen-bond donors (Lipinski definition) is 2. The van der Waals surface area contributed by atoms with Gasteiger partial charge < -0.3 is 10.2 Å². The fourth-order valence-electron chi connectivity index (χ4n) is 2.19. The zero-order chi connectivity index (χ0) is 14.2. The molecule has 0 amide bonds. The summed E-state index contributed by atoms with van der Waals surface area (Å²) in [5.74, 6) is -1.24. The maximum absolute atomic E-state index is 12.4. The fourth-order valence-corrected chi connectivity index (χ4v) is 3.92. The Morgan fingerprint density at radius 3 is 2.68 bits per heavy atom. The van der Waals surface area contributed by atoms with Crippen LogP contribution in [-0.2, 0) is 14.8 Å². The number of carboxylic acid groups (broad SMARTS) is 1. The third-order valence-corrected chi connectivity index (χ3v) is 4.99. The van der Waals surface area contributed by atoms with Gasteiger partial charge in [-0.05, 0) is 24.6 Å². The van der Waals surface area contributed by atoms with Crippen molar-refractivity contribution in [3.63, 3.8) is 0 Å². The number of aliphatic hydroxyl groups is 1. The molecular formula is C12H15NO5S. The van der Waals surface area contributed by atoms with Gasteiger partial charge in [0.2, 0.25) is 10.0 Å². The predicted molar refractivity (Wildman–Crippen MR) is 67.1 cm³/mol. The van der Waals surface area contributed by atoms with Crippen molar-refractivity contribution in [2.24, 2.45) is 0 Å². The number of sulfonamides is 1. The molecule has 1 aliphatic heterocycles. The number of benzene rings is 1. The summed E-state index contributed by atoms with van der Waals surface area (Å²) < 4.78 is 25.7. The average molecular weight is 285 g/mol. The minimum atomic E-state index is -3.90. The summed E-state index contributed by atoms with van der Waals surface area (Å²) in [6, 6.07) is 5.06. The molecule has 104 valence electrons. The van der Waals surface area contributed by atoms with Gasteiger partial charge in [0, 0.05) is 13.0 Å². The van der Waals surface area contributed by atoms with Gasteiger partial charge in [0.25, 0.3) is 0 Å². The fraction of sp³-hybridized carbons (Fsp3) is 0.417. The second-order valence-electron chi connectivity index (χ2n) is 4.63. The van der Waals surface area contributed by atoms with Crippen LogP contribution in [0.1, 0.15) is 12.0 Å². The predicted octanol–water partition coefficient (Wildman–Crippen LogP) is 0.204. The van der Waals surface area contributed by atoms with E-state index in [1.54, 1.807) is 19.1 Å². The lowest BCUT2D eigenvalue weighted by atomic mass is 10.2. The van der Waals surface area contributed by atoms with E-state index in [0.717, 1.165) is 9.87 Å². The standard InChI is InChI=1S/C12H15NO5S/c1-8-3-2-4-10(5-8)19(17,18)13-7-9(14)6-11(13)12(15)16/h2-5,9,11,14H,6-7H2,1H3,(H,15,16)/t9-,11-/m0/s1. The topological polar surface area (TPSA) is 94.9 Å². The minimum absolute atomic E-state index is 0.0489. The van der Waals surface area contributed by atoms with Crippen molar-refractivity contribution in [2.75, 3.05) is 6.54 Å². The minimum Gasteiger partial charge on any atom is -0.480 e. The number of aliphatic hydroxyl groups excluding tert-OH is 1. The van der Waals surface area contributed by atoms with E-state index in [2.05, 4.69) is 0 Å². The molecule has 6 nitrogen and oxygen atoms in total. The average Bonchev–Trinajstić information content (AvgIpc) is 2.72. The summed E-state index contributed by atoms with van der Waals surface area (Å²) in [7, 11) is -3.90. The van der Waals surface area contributed by atoms with Crippen LogP contribution in [0.3, 0.4) is 0 Å². The molecule has 1 aromatic carbocycles. The van der Waals surface area contributed by atoms with Crippen molar-refractivity contribution >= 4 is 16.0 Å². The van der Waals surface area contributed by atoms with Crippen LogP contribution < -0.4 is 0 Å². The molecule has 1 saturated heterocycles. The van der Waals surface area contributed by atoms with Crippen LogP contribution in [-0.4, -0.2) is 47.6 Å². The Morgan fingerprint density at radius 1 is 1.42 bits per heavy atom. The summed E-state index contributed by atoms with van der Waals surface area (Å²) in [6.07, 6.45) is -1.03. The van der Waals surface area contributed by atoms with Gasteiger partial charge in [-0.1, -0.05) is 12.1 Å². The maximum atomic E-state index is 12.4. The van der Waals surface area contributed by atoms with Gasteiger partial charge in [0.15, 0.2) is 0 Å². The van der Waals surface area contributed by atoms with Crippen molar-refractivity contribution in [3.05, 3.63) is 29.8 Å². The monoisotopic (exact) mass is 285 g/mol. The molecular weight excluding hydrogens is 270 g/mol. The molecule has 0 aliphatic carbocycles. The first-order valence-electron chi connectivity index (χ1n) is 5.82. The third-order valence-electron chi connectivity index (χ3n) is 3.11. The number of aryl methyl sites for hydroxylation is 1. The number of rotatable bonds is 3. The number of hydrogen-bond acceptors (Lipinski definition) is 4. The van der Waals surface area contributed by atoms with Crippen molar-refractivity contribution in [1.82, 2.24) is 4.31 Å². The van der Waals surface area contributed by atoms with Crippen LogP contribution >= 0.6 is 0 Å². The van der Waals surface area contributed by atoms with Gasteiger partial charge in [-0.15, -0.1) is 0 Å². The van der Waals surface area contributed by atoms with Gasteiger partial charge in [0.05, 0.1) is 11.0 Å². The van der Waals surface area contributed by atoms with E-state index in [-0.39, 0.29) is 17.9 Å². The SMILES string of the molecule is Cc1cccc(S(=O)(=O)N2C[C@@H](O)C[C@H]2C(=O)O)c1. The summed E-state index contributed by atoms with van der Waals surface area (Å²) in [5, 5.41) is 18.6. The summed E-state index contributed by atoms with van der Waals surface area (Å²) >= 11 is 0. The van der Waals surface area contributed by atoms with Gasteiger partial charge in [-0.3, -0.25) is 4.79 Å². The molecule has 1 aromatic rings. The van der Waals surface area contributed by atoms with Crippen LogP contribution in [0, 0.1) is 6.92 Å². The number of carbonyl (C=O) groups is 1. The van der Waals surface area contributed by atoms with E-state index in [1.165, 1.54) is 12.1 Å². The molecule has 2 atom stereocenters. The van der Waals surface area contributed by atoms with Crippen LogP contribution in [0.15, 0.2) is 29.2 Å². The zero-order valence-electron chi connectivity index (χ0n) is 10.4. The first kappa shape index (κ1) is 14.0. The van der Waals surface area contributed by atoms with E-state index in [9.17, 15) is 18.3 Å². The van der Waals surface area contributed by atoms with Gasteiger partial charge >= 0.3 is 5.97 Å². The Labute approximate surface area is 111 Å². The molecule has 0 spiro atoms. The normalized spacial score (nSPS) is 24.5. The number of carboxylic acids is 1. The van der Waals surface area contributed by atoms with E-state index in [4.69, 9.17) is 5.11 Å². The molecule has 1 heterocycles. The first-order valence-corrected chi connectivity index (χ1v) is 7.26. The lowest BCUT2D eigenvalue weighted by molar-refractivity contribution is -0.140. The largest absolute Gasteiger partial charge is 0.480 e. The summed E-state index contributed by atoms with van der Waals surface area (Å²) in [6.45, 7) is 1.57. The Balaban J connectivity index is 2.41. The van der Waals surface area contributed by atoms with Gasteiger partial charge in [0.1, 0.15) is 6.04 Å². The van der Waals surface area contributed by atoms with Crippen molar-refractivity contribution < 1.29 is 23.4 Å². The second-order valence-corrected chi connectivity index (χ2v) is 6.53. The molecule has 0 unspecified atom stereocenters. The molecule has 19 heavy (non-hydrogen) atoms. The van der Waals surface area contributed by atoms with E-state index >= 15 is 0 Å². The smallest absolute Gasteiger partial charge is 0.322 e. The quantitative estimate of drug-likeness (QED) is 0.827. The first-order chi connectivity index (χ1) is 8.82. The highest BCUT2D eigenvalue weighted by atomic mass is 32.2. The maximum Gasteiger partial charge on any atom is 0.322 e. The highest BCUT2D eigenvalue weighted by molar-refractivity contribution is 7.89. The van der Waals surface area contributed by atoms with E-state index in [0.29, 0.717) is 0 Å². The molecule has 2 rings (SSSR count). The summed E-state index contributed by atoms with van der Waals surface area (Å²) in [5.41, 5.74) is 0.771. The third kappa shape index (κ3) is 2.63. The summed E-state index contributed by atoms with van der Waals surface area (Å²) in [4.78, 5) is 11.1. The Morgan fingerprint density at radius 2 is 2.11 bits per heavy atom. The van der Waals surface area contributed by atoms with Crippen molar-refractivity contribution in [3.8, 4) is 0 Å². The van der Waals surface area contributed by atoms with Crippen molar-refractivity contribution in [1.29, 1.82) is 0 Å². The van der Waals surface area contributed by atoms with Crippen LogP contribution in [0.4, 0.5) is 0 Å². The number of β-amino-alcohol motifs (C(OH)–C–C–N with tert-alkyl or cyclic N) is 1. The molecule has 0 bridgehead atoms. The Bertz CT molecular complexity index is 598. The van der Waals surface area contributed by atoms with E-state index < -0.39 is 28.1 Å². The number of nitrogens with zero attached hydrogens (tertiary/aromatic N) is 1.